The summed E-state index contributed by atoms with van der Waals surface area (Å²) in [5.41, 5.74) is 13.1. The first kappa shape index (κ1) is 34.9. The summed E-state index contributed by atoms with van der Waals surface area (Å²) in [4.78, 5) is 2.37. The molecule has 0 amide bonds. The molecule has 0 unspecified atom stereocenters. The summed E-state index contributed by atoms with van der Waals surface area (Å²) in [7, 11) is 0. The molecule has 0 aliphatic heterocycles. The van der Waals surface area contributed by atoms with Crippen molar-refractivity contribution in [3.63, 3.8) is 0 Å². The molecule has 0 saturated heterocycles. The maximum Gasteiger partial charge on any atom is 0.137 e. The number of para-hydroxylation sites is 2. The second-order valence-corrected chi connectivity index (χ2v) is 17.2. The minimum atomic E-state index is 0.868. The van der Waals surface area contributed by atoms with Crippen LogP contribution in [0.5, 0.6) is 0 Å². The Balaban J connectivity index is 1.03. The zero-order chi connectivity index (χ0) is 40.7. The molecular formula is C58H36N2OS. The second kappa shape index (κ2) is 13.8. The van der Waals surface area contributed by atoms with Gasteiger partial charge in [-0.15, -0.1) is 11.3 Å². The number of hydrogen-bond acceptors (Lipinski definition) is 3. The minimum absolute atomic E-state index is 0.868. The second-order valence-electron chi connectivity index (χ2n) is 16.1. The molecule has 0 aliphatic rings. The van der Waals surface area contributed by atoms with Crippen molar-refractivity contribution in [1.29, 1.82) is 0 Å². The third-order valence-corrected chi connectivity index (χ3v) is 13.7. The molecule has 13 aromatic rings. The van der Waals surface area contributed by atoms with Gasteiger partial charge in [-0.05, 0) is 106 Å². The Kier molecular flexibility index (Phi) is 7.78. The van der Waals surface area contributed by atoms with E-state index in [2.05, 4.69) is 216 Å². The van der Waals surface area contributed by atoms with Crippen LogP contribution in [0.25, 0.3) is 103 Å². The summed E-state index contributed by atoms with van der Waals surface area (Å²) in [6, 6.07) is 79.4. The van der Waals surface area contributed by atoms with Crippen molar-refractivity contribution in [3.05, 3.63) is 218 Å². The van der Waals surface area contributed by atoms with Crippen LogP contribution in [-0.4, -0.2) is 4.57 Å². The predicted molar refractivity (Wildman–Crippen MR) is 264 cm³/mol. The summed E-state index contributed by atoms with van der Waals surface area (Å²) >= 11 is 1.84. The van der Waals surface area contributed by atoms with Crippen LogP contribution in [0.4, 0.5) is 17.1 Å². The molecule has 10 aromatic carbocycles. The predicted octanol–water partition coefficient (Wildman–Crippen LogP) is 17.0. The van der Waals surface area contributed by atoms with Crippen LogP contribution in [0.1, 0.15) is 0 Å². The summed E-state index contributed by atoms with van der Waals surface area (Å²) in [5, 5.41) is 9.74. The number of furan rings is 1. The lowest BCUT2D eigenvalue weighted by Crippen LogP contribution is -2.09. The molecule has 4 heteroatoms. The van der Waals surface area contributed by atoms with E-state index in [9.17, 15) is 0 Å². The Morgan fingerprint density at radius 2 is 1.03 bits per heavy atom. The highest BCUT2D eigenvalue weighted by atomic mass is 32.1. The summed E-state index contributed by atoms with van der Waals surface area (Å²) < 4.78 is 11.5. The van der Waals surface area contributed by atoms with Crippen molar-refractivity contribution in [1.82, 2.24) is 4.57 Å². The molecule has 0 bridgehead atoms. The number of hydrogen-bond donors (Lipinski definition) is 0. The Morgan fingerprint density at radius 3 is 1.90 bits per heavy atom. The van der Waals surface area contributed by atoms with Gasteiger partial charge in [-0.3, -0.25) is 0 Å². The van der Waals surface area contributed by atoms with E-state index in [0.717, 1.165) is 50.3 Å². The largest absolute Gasteiger partial charge is 0.456 e. The van der Waals surface area contributed by atoms with Gasteiger partial charge in [-0.1, -0.05) is 133 Å². The standard InChI is InChI=1S/C58H36N2OS/c1-2-13-37(14-3-1)44-20-12-22-52(60-51-21-9-6-17-45(51)49-33-39-15-4-5-16-40(39)34-53(49)60)58(44)38-25-27-41(28-26-38)59(42-30-32-57-50(35-42)48-19-8-11-24-56(48)62-57)43-29-31-47-46-18-7-10-23-54(46)61-55(47)36-43/h1-36H. The van der Waals surface area contributed by atoms with Crippen LogP contribution in [0, 0.1) is 0 Å². The van der Waals surface area contributed by atoms with Gasteiger partial charge in [0.05, 0.1) is 16.7 Å². The van der Waals surface area contributed by atoms with Crippen molar-refractivity contribution in [2.24, 2.45) is 0 Å². The van der Waals surface area contributed by atoms with Crippen molar-refractivity contribution >= 4 is 103 Å². The van der Waals surface area contributed by atoms with Crippen molar-refractivity contribution in [2.45, 2.75) is 0 Å². The molecule has 0 fully saturated rings. The van der Waals surface area contributed by atoms with E-state index in [1.165, 1.54) is 69.4 Å². The van der Waals surface area contributed by atoms with Crippen LogP contribution in [-0.2, 0) is 0 Å². The zero-order valence-corrected chi connectivity index (χ0v) is 34.3. The number of rotatable bonds is 6. The lowest BCUT2D eigenvalue weighted by atomic mass is 9.92. The van der Waals surface area contributed by atoms with E-state index in [-0.39, 0.29) is 0 Å². The third kappa shape index (κ3) is 5.44. The van der Waals surface area contributed by atoms with E-state index in [1.807, 2.05) is 23.5 Å². The number of nitrogens with zero attached hydrogens (tertiary/aromatic N) is 2. The molecule has 0 N–H and O–H groups in total. The first-order chi connectivity index (χ1) is 30.7. The van der Waals surface area contributed by atoms with Gasteiger partial charge in [-0.2, -0.15) is 0 Å². The zero-order valence-electron chi connectivity index (χ0n) is 33.5. The van der Waals surface area contributed by atoms with Crippen molar-refractivity contribution in [2.75, 3.05) is 4.90 Å². The smallest absolute Gasteiger partial charge is 0.137 e. The molecule has 3 aromatic heterocycles. The van der Waals surface area contributed by atoms with Crippen molar-refractivity contribution < 1.29 is 4.42 Å². The lowest BCUT2D eigenvalue weighted by Gasteiger charge is -2.26. The molecule has 290 valence electrons. The topological polar surface area (TPSA) is 21.3 Å². The van der Waals surface area contributed by atoms with E-state index in [0.29, 0.717) is 0 Å². The molecule has 13 rings (SSSR count). The number of benzene rings is 10. The number of fused-ring (bicyclic) bond motifs is 10. The van der Waals surface area contributed by atoms with Crippen LogP contribution in [0.15, 0.2) is 223 Å². The lowest BCUT2D eigenvalue weighted by molar-refractivity contribution is 0.669. The average molecular weight is 809 g/mol. The third-order valence-electron chi connectivity index (χ3n) is 12.6. The van der Waals surface area contributed by atoms with Crippen LogP contribution >= 0.6 is 11.3 Å². The summed E-state index contributed by atoms with van der Waals surface area (Å²) in [6.45, 7) is 0. The fourth-order valence-electron chi connectivity index (χ4n) is 9.73. The highest BCUT2D eigenvalue weighted by molar-refractivity contribution is 7.25. The maximum atomic E-state index is 6.47. The Hall–Kier alpha value is -7.92. The Labute approximate surface area is 361 Å². The van der Waals surface area contributed by atoms with Gasteiger partial charge in [0.15, 0.2) is 0 Å². The molecule has 0 saturated carbocycles. The highest BCUT2D eigenvalue weighted by Crippen LogP contribution is 2.45. The monoisotopic (exact) mass is 808 g/mol. The molecule has 0 radical (unpaired) electrons. The van der Waals surface area contributed by atoms with E-state index >= 15 is 0 Å². The molecule has 62 heavy (non-hydrogen) atoms. The molecule has 3 nitrogen and oxygen atoms in total. The molecule has 0 aliphatic carbocycles. The maximum absolute atomic E-state index is 6.47. The molecule has 0 spiro atoms. The summed E-state index contributed by atoms with van der Waals surface area (Å²) in [5.74, 6) is 0. The number of thiophene rings is 1. The van der Waals surface area contributed by atoms with Gasteiger partial charge in [0.1, 0.15) is 11.2 Å². The van der Waals surface area contributed by atoms with Gasteiger partial charge in [0, 0.05) is 70.4 Å². The van der Waals surface area contributed by atoms with Gasteiger partial charge in [0.25, 0.3) is 0 Å². The van der Waals surface area contributed by atoms with Gasteiger partial charge in [0.2, 0.25) is 0 Å². The highest BCUT2D eigenvalue weighted by Gasteiger charge is 2.22. The van der Waals surface area contributed by atoms with Gasteiger partial charge in [-0.25, -0.2) is 0 Å². The first-order valence-electron chi connectivity index (χ1n) is 21.1. The first-order valence-corrected chi connectivity index (χ1v) is 21.9. The molecule has 0 atom stereocenters. The summed E-state index contributed by atoms with van der Waals surface area (Å²) in [6.07, 6.45) is 0. The Morgan fingerprint density at radius 1 is 0.371 bits per heavy atom. The molecular weight excluding hydrogens is 773 g/mol. The quantitative estimate of drug-likeness (QED) is 0.167. The van der Waals surface area contributed by atoms with Gasteiger partial charge < -0.3 is 13.9 Å². The van der Waals surface area contributed by atoms with E-state index in [1.54, 1.807) is 0 Å². The van der Waals surface area contributed by atoms with Crippen LogP contribution in [0.3, 0.4) is 0 Å². The van der Waals surface area contributed by atoms with Crippen LogP contribution < -0.4 is 4.90 Å². The van der Waals surface area contributed by atoms with Crippen molar-refractivity contribution in [3.8, 4) is 27.9 Å². The molecule has 3 heterocycles. The number of aromatic nitrogens is 1. The fraction of sp³-hybridized carbons (Fsp3) is 0. The fourth-order valence-corrected chi connectivity index (χ4v) is 10.8. The normalized spacial score (nSPS) is 11.9. The Bertz CT molecular complexity index is 3870. The van der Waals surface area contributed by atoms with Gasteiger partial charge >= 0.3 is 0 Å². The average Bonchev–Trinajstić information content (AvgIpc) is 4.00. The van der Waals surface area contributed by atoms with E-state index < -0.39 is 0 Å². The number of anilines is 3. The van der Waals surface area contributed by atoms with Crippen LogP contribution in [0.2, 0.25) is 0 Å². The van der Waals surface area contributed by atoms with E-state index in [4.69, 9.17) is 4.42 Å². The SMILES string of the molecule is c1ccc(-c2cccc(-n3c4ccccc4c4cc5ccccc5cc43)c2-c2ccc(N(c3ccc4c(c3)oc3ccccc34)c3ccc4sc5ccccc5c4c3)cc2)cc1. The minimum Gasteiger partial charge on any atom is -0.456 e.